The molecule has 3 aliphatic rings. The van der Waals surface area contributed by atoms with Crippen molar-refractivity contribution in [2.45, 2.75) is 71.1 Å². The average molecular weight is 576 g/mol. The van der Waals surface area contributed by atoms with Crippen molar-refractivity contribution in [3.63, 3.8) is 0 Å². The molecule has 10 nitrogen and oxygen atoms in total. The minimum atomic E-state index is -0.858. The third-order valence-corrected chi connectivity index (χ3v) is 8.61. The predicted octanol–water partition coefficient (Wildman–Crippen LogP) is 3.64. The van der Waals surface area contributed by atoms with Gasteiger partial charge in [0.15, 0.2) is 17.8 Å². The van der Waals surface area contributed by atoms with Crippen LogP contribution in [0.3, 0.4) is 0 Å². The summed E-state index contributed by atoms with van der Waals surface area (Å²) in [4.78, 5) is 33.0. The number of amides is 1. The third-order valence-electron chi connectivity index (χ3n) is 8.61. The van der Waals surface area contributed by atoms with Crippen LogP contribution in [-0.4, -0.2) is 111 Å². The summed E-state index contributed by atoms with van der Waals surface area (Å²) in [6, 6.07) is 5.32. The zero-order chi connectivity index (χ0) is 29.6. The molecule has 2 fully saturated rings. The van der Waals surface area contributed by atoms with Gasteiger partial charge in [0.1, 0.15) is 0 Å². The number of carboxylic acids is 1. The first kappa shape index (κ1) is 31.5. The molecule has 0 bridgehead atoms. The first-order chi connectivity index (χ1) is 19.6. The SMILES string of the molecule is CCCCN(CCCCN(C)C)C(=O)CN1CC(c2ccc3c(c2)OCO3)[C@H](C(=O)O)[C@H]1CC(C)(C)C1OCCO1. The molecule has 2 saturated heterocycles. The van der Waals surface area contributed by atoms with Crippen LogP contribution in [0.2, 0.25) is 0 Å². The fourth-order valence-electron chi connectivity index (χ4n) is 6.39. The van der Waals surface area contributed by atoms with Gasteiger partial charge in [-0.15, -0.1) is 0 Å². The number of hydrogen-bond acceptors (Lipinski definition) is 8. The van der Waals surface area contributed by atoms with E-state index in [0.717, 1.165) is 44.3 Å². The van der Waals surface area contributed by atoms with Gasteiger partial charge in [-0.25, -0.2) is 0 Å². The minimum absolute atomic E-state index is 0.0648. The van der Waals surface area contributed by atoms with E-state index < -0.39 is 23.6 Å². The van der Waals surface area contributed by atoms with Crippen molar-refractivity contribution in [3.8, 4) is 11.5 Å². The quantitative estimate of drug-likeness (QED) is 0.314. The Balaban J connectivity index is 1.58. The van der Waals surface area contributed by atoms with Crippen molar-refractivity contribution in [2.24, 2.45) is 11.3 Å². The summed E-state index contributed by atoms with van der Waals surface area (Å²) in [7, 11) is 4.12. The van der Waals surface area contributed by atoms with E-state index in [-0.39, 0.29) is 31.2 Å². The number of ether oxygens (including phenoxy) is 4. The molecule has 1 aromatic carbocycles. The molecule has 0 aliphatic carbocycles. The highest BCUT2D eigenvalue weighted by molar-refractivity contribution is 5.79. The lowest BCUT2D eigenvalue weighted by Crippen LogP contribution is -2.47. The highest BCUT2D eigenvalue weighted by atomic mass is 16.7. The molecule has 0 spiro atoms. The Bertz CT molecular complexity index is 1030. The van der Waals surface area contributed by atoms with E-state index in [4.69, 9.17) is 18.9 Å². The molecular weight excluding hydrogens is 526 g/mol. The highest BCUT2D eigenvalue weighted by Gasteiger charge is 2.50. The number of nitrogens with zero attached hydrogens (tertiary/aromatic N) is 3. The van der Waals surface area contributed by atoms with Gasteiger partial charge in [-0.1, -0.05) is 33.3 Å². The summed E-state index contributed by atoms with van der Waals surface area (Å²) in [5.74, 6) is -0.495. The number of fused-ring (bicyclic) bond motifs is 1. The third kappa shape index (κ3) is 7.91. The molecular formula is C31H49N3O7. The number of benzene rings is 1. The lowest BCUT2D eigenvalue weighted by Gasteiger charge is -2.37. The molecule has 4 rings (SSSR count). The van der Waals surface area contributed by atoms with Gasteiger partial charge in [-0.3, -0.25) is 14.5 Å². The largest absolute Gasteiger partial charge is 0.481 e. The molecule has 1 amide bonds. The Labute approximate surface area is 244 Å². The Kier molecular flexibility index (Phi) is 10.9. The van der Waals surface area contributed by atoms with Crippen molar-refractivity contribution >= 4 is 11.9 Å². The molecule has 41 heavy (non-hydrogen) atoms. The maximum absolute atomic E-state index is 13.8. The number of hydrogen-bond donors (Lipinski definition) is 1. The van der Waals surface area contributed by atoms with Gasteiger partial charge in [0.05, 0.1) is 25.7 Å². The molecule has 3 heterocycles. The van der Waals surface area contributed by atoms with Crippen LogP contribution in [0.1, 0.15) is 64.4 Å². The van der Waals surface area contributed by atoms with Gasteiger partial charge in [0.2, 0.25) is 12.7 Å². The summed E-state index contributed by atoms with van der Waals surface area (Å²) in [5, 5.41) is 10.6. The lowest BCUT2D eigenvalue weighted by atomic mass is 9.77. The Hall–Kier alpha value is -2.40. The molecule has 3 atom stereocenters. The molecule has 0 aromatic heterocycles. The second-order valence-corrected chi connectivity index (χ2v) is 12.6. The number of likely N-dealkylation sites (tertiary alicyclic amines) is 1. The van der Waals surface area contributed by atoms with E-state index in [1.807, 2.05) is 23.1 Å². The van der Waals surface area contributed by atoms with Gasteiger partial charge in [-0.05, 0) is 64.0 Å². The number of unbranched alkanes of at least 4 members (excludes halogenated alkanes) is 2. The molecule has 0 radical (unpaired) electrons. The van der Waals surface area contributed by atoms with Gasteiger partial charge in [0.25, 0.3) is 0 Å². The Morgan fingerprint density at radius 3 is 2.39 bits per heavy atom. The maximum atomic E-state index is 13.8. The number of aliphatic carboxylic acids is 1. The monoisotopic (exact) mass is 575 g/mol. The minimum Gasteiger partial charge on any atom is -0.481 e. The summed E-state index contributed by atoms with van der Waals surface area (Å²) in [6.45, 7) is 10.6. The predicted molar refractivity (Wildman–Crippen MR) is 155 cm³/mol. The van der Waals surface area contributed by atoms with Crippen molar-refractivity contribution in [3.05, 3.63) is 23.8 Å². The van der Waals surface area contributed by atoms with Crippen molar-refractivity contribution in [2.75, 3.05) is 66.8 Å². The van der Waals surface area contributed by atoms with E-state index in [0.29, 0.717) is 44.2 Å². The summed E-state index contributed by atoms with van der Waals surface area (Å²) >= 11 is 0. The average Bonchev–Trinajstić information content (AvgIpc) is 3.68. The molecule has 3 aliphatic heterocycles. The lowest BCUT2D eigenvalue weighted by molar-refractivity contribution is -0.148. The van der Waals surface area contributed by atoms with E-state index in [1.165, 1.54) is 0 Å². The van der Waals surface area contributed by atoms with Crippen LogP contribution in [0.25, 0.3) is 0 Å². The van der Waals surface area contributed by atoms with Crippen LogP contribution in [0.5, 0.6) is 11.5 Å². The molecule has 10 heteroatoms. The second kappa shape index (κ2) is 14.2. The Morgan fingerprint density at radius 2 is 1.71 bits per heavy atom. The zero-order valence-corrected chi connectivity index (χ0v) is 25.5. The fourth-order valence-corrected chi connectivity index (χ4v) is 6.39. The van der Waals surface area contributed by atoms with Crippen molar-refractivity contribution < 1.29 is 33.6 Å². The fraction of sp³-hybridized carbons (Fsp3) is 0.742. The van der Waals surface area contributed by atoms with Gasteiger partial charge >= 0.3 is 5.97 Å². The van der Waals surface area contributed by atoms with E-state index in [1.54, 1.807) is 0 Å². The van der Waals surface area contributed by atoms with Crippen LogP contribution < -0.4 is 9.47 Å². The van der Waals surface area contributed by atoms with Crippen LogP contribution >= 0.6 is 0 Å². The molecule has 1 unspecified atom stereocenters. The first-order valence-corrected chi connectivity index (χ1v) is 15.1. The smallest absolute Gasteiger partial charge is 0.308 e. The summed E-state index contributed by atoms with van der Waals surface area (Å²) in [5.41, 5.74) is 0.452. The van der Waals surface area contributed by atoms with Crippen LogP contribution in [-0.2, 0) is 19.1 Å². The second-order valence-electron chi connectivity index (χ2n) is 12.6. The van der Waals surface area contributed by atoms with Crippen LogP contribution in [0.4, 0.5) is 0 Å². The van der Waals surface area contributed by atoms with Crippen LogP contribution in [0, 0.1) is 11.3 Å². The number of rotatable bonds is 15. The van der Waals surface area contributed by atoms with Gasteiger partial charge in [0, 0.05) is 37.0 Å². The number of carboxylic acid groups (broad SMARTS) is 1. The highest BCUT2D eigenvalue weighted by Crippen LogP contribution is 2.46. The van der Waals surface area contributed by atoms with Crippen LogP contribution in [0.15, 0.2) is 18.2 Å². The first-order valence-electron chi connectivity index (χ1n) is 15.1. The van der Waals surface area contributed by atoms with E-state index in [9.17, 15) is 14.7 Å². The molecule has 230 valence electrons. The summed E-state index contributed by atoms with van der Waals surface area (Å²) < 4.78 is 22.8. The number of carbonyl (C=O) groups excluding carboxylic acids is 1. The maximum Gasteiger partial charge on any atom is 0.308 e. The van der Waals surface area contributed by atoms with Gasteiger partial charge in [-0.2, -0.15) is 0 Å². The van der Waals surface area contributed by atoms with Crippen molar-refractivity contribution in [1.82, 2.24) is 14.7 Å². The molecule has 0 saturated carbocycles. The molecule has 1 aromatic rings. The van der Waals surface area contributed by atoms with Gasteiger partial charge < -0.3 is 33.9 Å². The zero-order valence-electron chi connectivity index (χ0n) is 25.5. The normalized spacial score (nSPS) is 23.0. The number of carbonyl (C=O) groups is 2. The van der Waals surface area contributed by atoms with Crippen molar-refractivity contribution in [1.29, 1.82) is 0 Å². The standard InChI is InChI=1S/C31H49N3O7/c1-6-7-13-33(14-9-8-12-32(4)5)27(35)20-34-19-23(22-10-11-25-26(17-22)41-21-40-25)28(29(36)37)24(34)18-31(2,3)30-38-15-16-39-30/h10-11,17,23-24,28,30H,6-9,12-16,18-21H2,1-5H3,(H,36,37)/t23?,24-,28+/m1/s1. The topological polar surface area (TPSA) is 101 Å². The van der Waals surface area contributed by atoms with E-state index >= 15 is 0 Å². The summed E-state index contributed by atoms with van der Waals surface area (Å²) in [6.07, 6.45) is 4.05. The Morgan fingerprint density at radius 1 is 1.02 bits per heavy atom. The molecule has 1 N–H and O–H groups in total. The van der Waals surface area contributed by atoms with E-state index in [2.05, 4.69) is 44.7 Å².